The van der Waals surface area contributed by atoms with Crippen LogP contribution in [0.2, 0.25) is 0 Å². The van der Waals surface area contributed by atoms with E-state index >= 15 is 0 Å². The minimum atomic E-state index is 0.609. The summed E-state index contributed by atoms with van der Waals surface area (Å²) in [6.07, 6.45) is 3.92. The maximum absolute atomic E-state index is 8.68. The van der Waals surface area contributed by atoms with Gasteiger partial charge in [0.05, 0.1) is 11.6 Å². The molecule has 1 N–H and O–H groups in total. The Morgan fingerprint density at radius 1 is 1.27 bits per heavy atom. The van der Waals surface area contributed by atoms with Crippen molar-refractivity contribution in [1.82, 2.24) is 0 Å². The molecule has 2 nitrogen and oxygen atoms in total. The molecular weight excluding hydrogens is 184 g/mol. The van der Waals surface area contributed by atoms with Crippen molar-refractivity contribution in [3.05, 3.63) is 29.8 Å². The van der Waals surface area contributed by atoms with Gasteiger partial charge in [0.15, 0.2) is 0 Å². The topological polar surface area (TPSA) is 35.8 Å². The number of nitriles is 1. The van der Waals surface area contributed by atoms with E-state index in [1.807, 2.05) is 24.3 Å². The molecule has 2 rings (SSSR count). The number of hydrogen-bond donors (Lipinski definition) is 1. The third-order valence-corrected chi connectivity index (χ3v) is 3.23. The van der Waals surface area contributed by atoms with Crippen molar-refractivity contribution in [2.24, 2.45) is 5.92 Å². The van der Waals surface area contributed by atoms with Gasteiger partial charge in [0.2, 0.25) is 0 Å². The van der Waals surface area contributed by atoms with Crippen molar-refractivity contribution in [2.75, 3.05) is 5.32 Å². The van der Waals surface area contributed by atoms with Crippen LogP contribution in [0.4, 0.5) is 5.69 Å². The molecule has 2 heteroatoms. The van der Waals surface area contributed by atoms with E-state index in [9.17, 15) is 0 Å². The maximum Gasteiger partial charge on any atom is 0.0991 e. The van der Waals surface area contributed by atoms with Crippen LogP contribution < -0.4 is 5.32 Å². The summed E-state index contributed by atoms with van der Waals surface area (Å²) >= 11 is 0. The van der Waals surface area contributed by atoms with Crippen LogP contribution in [0, 0.1) is 17.2 Å². The monoisotopic (exact) mass is 200 g/mol. The lowest BCUT2D eigenvalue weighted by Crippen LogP contribution is -2.21. The molecule has 0 saturated heterocycles. The quantitative estimate of drug-likeness (QED) is 0.796. The summed E-state index contributed by atoms with van der Waals surface area (Å²) in [5.74, 6) is 0.764. The zero-order valence-electron chi connectivity index (χ0n) is 9.03. The van der Waals surface area contributed by atoms with Crippen LogP contribution in [0.5, 0.6) is 0 Å². The van der Waals surface area contributed by atoms with Gasteiger partial charge in [0.25, 0.3) is 0 Å². The summed E-state index contributed by atoms with van der Waals surface area (Å²) in [7, 11) is 0. The van der Waals surface area contributed by atoms with Gasteiger partial charge >= 0.3 is 0 Å². The Morgan fingerprint density at radius 3 is 2.53 bits per heavy atom. The van der Waals surface area contributed by atoms with Gasteiger partial charge in [-0.15, -0.1) is 0 Å². The van der Waals surface area contributed by atoms with E-state index in [0.29, 0.717) is 6.04 Å². The summed E-state index contributed by atoms with van der Waals surface area (Å²) in [5, 5.41) is 12.2. The van der Waals surface area contributed by atoms with Gasteiger partial charge in [-0.25, -0.2) is 0 Å². The molecule has 0 radical (unpaired) electrons. The fraction of sp³-hybridized carbons (Fsp3) is 0.462. The zero-order chi connectivity index (χ0) is 10.7. The molecule has 2 unspecified atom stereocenters. The summed E-state index contributed by atoms with van der Waals surface area (Å²) in [5.41, 5.74) is 1.85. The maximum atomic E-state index is 8.68. The van der Waals surface area contributed by atoms with Crippen LogP contribution in [-0.4, -0.2) is 6.04 Å². The van der Waals surface area contributed by atoms with Crippen LogP contribution >= 0.6 is 0 Å². The van der Waals surface area contributed by atoms with Crippen molar-refractivity contribution in [2.45, 2.75) is 32.2 Å². The Balaban J connectivity index is 2.02. The van der Waals surface area contributed by atoms with Gasteiger partial charge in [-0.3, -0.25) is 0 Å². The van der Waals surface area contributed by atoms with E-state index in [-0.39, 0.29) is 0 Å². The second-order valence-corrected chi connectivity index (χ2v) is 4.35. The average molecular weight is 200 g/mol. The predicted octanol–water partition coefficient (Wildman–Crippen LogP) is 3.16. The minimum Gasteiger partial charge on any atom is -0.382 e. The van der Waals surface area contributed by atoms with Crippen molar-refractivity contribution in [3.8, 4) is 6.07 Å². The molecule has 1 saturated carbocycles. The lowest BCUT2D eigenvalue weighted by Gasteiger charge is -2.18. The highest BCUT2D eigenvalue weighted by atomic mass is 14.9. The zero-order valence-corrected chi connectivity index (χ0v) is 9.03. The highest BCUT2D eigenvalue weighted by Crippen LogP contribution is 2.27. The lowest BCUT2D eigenvalue weighted by atomic mass is 10.1. The van der Waals surface area contributed by atoms with Crippen molar-refractivity contribution in [1.29, 1.82) is 5.26 Å². The minimum absolute atomic E-state index is 0.609. The summed E-state index contributed by atoms with van der Waals surface area (Å²) in [6.45, 7) is 2.30. The van der Waals surface area contributed by atoms with Crippen LogP contribution in [0.3, 0.4) is 0 Å². The molecule has 0 spiro atoms. The van der Waals surface area contributed by atoms with Crippen LogP contribution in [0.15, 0.2) is 24.3 Å². The van der Waals surface area contributed by atoms with Gasteiger partial charge in [-0.05, 0) is 43.0 Å². The first kappa shape index (κ1) is 10.0. The second-order valence-electron chi connectivity index (χ2n) is 4.35. The molecule has 0 amide bonds. The molecule has 1 aromatic rings. The van der Waals surface area contributed by atoms with Gasteiger partial charge < -0.3 is 5.32 Å². The SMILES string of the molecule is CC1CCCC1Nc1ccc(C#N)cc1. The Morgan fingerprint density at radius 2 is 2.00 bits per heavy atom. The van der Waals surface area contributed by atoms with Crippen LogP contribution in [0.25, 0.3) is 0 Å². The molecule has 1 aromatic carbocycles. The molecule has 1 aliphatic rings. The first-order valence-electron chi connectivity index (χ1n) is 5.56. The van der Waals surface area contributed by atoms with Crippen molar-refractivity contribution >= 4 is 5.69 Å². The molecule has 78 valence electrons. The van der Waals surface area contributed by atoms with Crippen molar-refractivity contribution in [3.63, 3.8) is 0 Å². The van der Waals surface area contributed by atoms with E-state index in [4.69, 9.17) is 5.26 Å². The number of nitrogens with one attached hydrogen (secondary N) is 1. The van der Waals surface area contributed by atoms with Gasteiger partial charge in [-0.2, -0.15) is 5.26 Å². The number of anilines is 1. The third-order valence-electron chi connectivity index (χ3n) is 3.23. The second kappa shape index (κ2) is 4.35. The molecule has 2 atom stereocenters. The Kier molecular flexibility index (Phi) is 2.91. The molecule has 15 heavy (non-hydrogen) atoms. The first-order chi connectivity index (χ1) is 7.29. The normalized spacial score (nSPS) is 24.8. The Labute approximate surface area is 90.9 Å². The number of rotatable bonds is 2. The van der Waals surface area contributed by atoms with E-state index in [2.05, 4.69) is 18.3 Å². The van der Waals surface area contributed by atoms with Crippen LogP contribution in [-0.2, 0) is 0 Å². The summed E-state index contributed by atoms with van der Waals surface area (Å²) in [6, 6.07) is 10.4. The average Bonchev–Trinajstić information content (AvgIpc) is 2.66. The molecule has 1 aliphatic carbocycles. The van der Waals surface area contributed by atoms with E-state index < -0.39 is 0 Å². The summed E-state index contributed by atoms with van der Waals surface area (Å²) in [4.78, 5) is 0. The third kappa shape index (κ3) is 2.30. The number of nitrogens with zero attached hydrogens (tertiary/aromatic N) is 1. The van der Waals surface area contributed by atoms with E-state index in [0.717, 1.165) is 17.2 Å². The van der Waals surface area contributed by atoms with Crippen LogP contribution in [0.1, 0.15) is 31.7 Å². The molecule has 0 aliphatic heterocycles. The Hall–Kier alpha value is -1.49. The molecule has 0 heterocycles. The molecule has 0 aromatic heterocycles. The first-order valence-corrected chi connectivity index (χ1v) is 5.56. The van der Waals surface area contributed by atoms with Gasteiger partial charge in [0, 0.05) is 11.7 Å². The lowest BCUT2D eigenvalue weighted by molar-refractivity contribution is 0.556. The molecule has 0 bridgehead atoms. The Bertz CT molecular complexity index is 361. The van der Waals surface area contributed by atoms with E-state index in [1.54, 1.807) is 0 Å². The van der Waals surface area contributed by atoms with Gasteiger partial charge in [-0.1, -0.05) is 13.3 Å². The number of benzene rings is 1. The smallest absolute Gasteiger partial charge is 0.0991 e. The van der Waals surface area contributed by atoms with Gasteiger partial charge in [0.1, 0.15) is 0 Å². The fourth-order valence-electron chi connectivity index (χ4n) is 2.21. The fourth-order valence-corrected chi connectivity index (χ4v) is 2.21. The molecular formula is C13H16N2. The van der Waals surface area contributed by atoms with Crippen molar-refractivity contribution < 1.29 is 0 Å². The summed E-state index contributed by atoms with van der Waals surface area (Å²) < 4.78 is 0. The number of hydrogen-bond acceptors (Lipinski definition) is 2. The standard InChI is InChI=1S/C13H16N2/c1-10-3-2-4-13(10)15-12-7-5-11(9-14)6-8-12/h5-8,10,13,15H,2-4H2,1H3. The predicted molar refractivity (Wildman–Crippen MR) is 61.6 cm³/mol. The highest BCUT2D eigenvalue weighted by Gasteiger charge is 2.22. The van der Waals surface area contributed by atoms with E-state index in [1.165, 1.54) is 19.3 Å². The molecule has 1 fully saturated rings. The largest absolute Gasteiger partial charge is 0.382 e. The highest BCUT2D eigenvalue weighted by molar-refractivity contribution is 5.48.